The predicted octanol–water partition coefficient (Wildman–Crippen LogP) is 4.83. The smallest absolute Gasteiger partial charge is 0.203 e. The molecule has 1 aromatic heterocycles. The Labute approximate surface area is 139 Å². The summed E-state index contributed by atoms with van der Waals surface area (Å²) in [6.07, 6.45) is 0. The lowest BCUT2D eigenvalue weighted by Crippen LogP contribution is -2.10. The van der Waals surface area contributed by atoms with Crippen LogP contribution in [0.25, 0.3) is 0 Å². The van der Waals surface area contributed by atoms with Crippen LogP contribution in [0, 0.1) is 13.8 Å². The van der Waals surface area contributed by atoms with E-state index in [9.17, 15) is 9.59 Å². The van der Waals surface area contributed by atoms with E-state index < -0.39 is 0 Å². The van der Waals surface area contributed by atoms with E-state index in [1.54, 1.807) is 30.3 Å². The molecule has 3 rings (SSSR count). The third-order valence-electron chi connectivity index (χ3n) is 3.93. The van der Waals surface area contributed by atoms with Crippen LogP contribution < -0.4 is 0 Å². The average Bonchev–Trinajstić information content (AvgIpc) is 3.10. The van der Waals surface area contributed by atoms with Crippen LogP contribution in [-0.2, 0) is 0 Å². The molecule has 0 atom stereocenters. The highest BCUT2D eigenvalue weighted by Crippen LogP contribution is 2.21. The van der Waals surface area contributed by atoms with Crippen LogP contribution in [0.4, 0.5) is 0 Å². The molecule has 2 aromatic carbocycles. The monoisotopic (exact) mass is 320 g/mol. The molecule has 2 nitrogen and oxygen atoms in total. The largest absolute Gasteiger partial charge is 0.289 e. The summed E-state index contributed by atoms with van der Waals surface area (Å²) >= 11 is 1.39. The van der Waals surface area contributed by atoms with Crippen molar-refractivity contribution in [1.82, 2.24) is 0 Å². The van der Waals surface area contributed by atoms with Crippen molar-refractivity contribution in [1.29, 1.82) is 0 Å². The first kappa shape index (κ1) is 15.4. The van der Waals surface area contributed by atoms with E-state index in [4.69, 9.17) is 0 Å². The van der Waals surface area contributed by atoms with Crippen molar-refractivity contribution in [3.05, 3.63) is 92.7 Å². The highest BCUT2D eigenvalue weighted by Gasteiger charge is 2.19. The molecule has 114 valence electrons. The van der Waals surface area contributed by atoms with E-state index in [1.165, 1.54) is 11.3 Å². The normalized spacial score (nSPS) is 10.5. The van der Waals surface area contributed by atoms with E-state index in [-0.39, 0.29) is 11.6 Å². The standard InChI is InChI=1S/C20H16O2S/c1-13-9-10-15(12-14(13)2)19(21)16-6-3-4-7-17(16)20(22)18-8-5-11-23-18/h3-12H,1-2H3. The average molecular weight is 320 g/mol. The van der Waals surface area contributed by atoms with Gasteiger partial charge in [0.25, 0.3) is 0 Å². The summed E-state index contributed by atoms with van der Waals surface area (Å²) in [5.41, 5.74) is 3.73. The fourth-order valence-electron chi connectivity index (χ4n) is 2.46. The van der Waals surface area contributed by atoms with Crippen molar-refractivity contribution in [3.63, 3.8) is 0 Å². The van der Waals surface area contributed by atoms with Crippen LogP contribution in [-0.4, -0.2) is 11.6 Å². The Morgan fingerprint density at radius 2 is 1.48 bits per heavy atom. The van der Waals surface area contributed by atoms with Gasteiger partial charge in [0.1, 0.15) is 0 Å². The molecule has 0 saturated carbocycles. The zero-order chi connectivity index (χ0) is 16.4. The third kappa shape index (κ3) is 3.01. The van der Waals surface area contributed by atoms with Crippen molar-refractivity contribution in [2.45, 2.75) is 13.8 Å². The molecule has 0 N–H and O–H groups in total. The molecule has 0 spiro atoms. The summed E-state index contributed by atoms with van der Waals surface area (Å²) in [5, 5.41) is 1.86. The lowest BCUT2D eigenvalue weighted by atomic mass is 9.94. The van der Waals surface area contributed by atoms with Crippen LogP contribution in [0.15, 0.2) is 60.0 Å². The van der Waals surface area contributed by atoms with Crippen molar-refractivity contribution in [2.24, 2.45) is 0 Å². The van der Waals surface area contributed by atoms with Crippen LogP contribution in [0.1, 0.15) is 42.3 Å². The van der Waals surface area contributed by atoms with Gasteiger partial charge in [0, 0.05) is 16.7 Å². The van der Waals surface area contributed by atoms with Crippen molar-refractivity contribution < 1.29 is 9.59 Å². The molecule has 0 amide bonds. The number of carbonyl (C=O) groups excluding carboxylic acids is 2. The molecular weight excluding hydrogens is 304 g/mol. The number of thiophene rings is 1. The fraction of sp³-hybridized carbons (Fsp3) is 0.100. The minimum absolute atomic E-state index is 0.104. The van der Waals surface area contributed by atoms with Gasteiger partial charge in [-0.3, -0.25) is 9.59 Å². The molecule has 0 radical (unpaired) electrons. The molecule has 0 bridgehead atoms. The molecule has 3 aromatic rings. The van der Waals surface area contributed by atoms with Crippen molar-refractivity contribution >= 4 is 22.9 Å². The first-order valence-corrected chi connectivity index (χ1v) is 8.25. The summed E-state index contributed by atoms with van der Waals surface area (Å²) in [4.78, 5) is 26.1. The second-order valence-corrected chi connectivity index (χ2v) is 6.43. The SMILES string of the molecule is Cc1ccc(C(=O)c2ccccc2C(=O)c2cccs2)cc1C. The third-order valence-corrected chi connectivity index (χ3v) is 4.80. The van der Waals surface area contributed by atoms with Crippen LogP contribution in [0.3, 0.4) is 0 Å². The lowest BCUT2D eigenvalue weighted by Gasteiger charge is -2.09. The van der Waals surface area contributed by atoms with Gasteiger partial charge in [-0.05, 0) is 42.5 Å². The minimum atomic E-state index is -0.117. The quantitative estimate of drug-likeness (QED) is 0.645. The second kappa shape index (κ2) is 6.31. The number of hydrogen-bond acceptors (Lipinski definition) is 3. The maximum absolute atomic E-state index is 12.9. The Balaban J connectivity index is 2.05. The Kier molecular flexibility index (Phi) is 4.22. The van der Waals surface area contributed by atoms with Crippen LogP contribution in [0.2, 0.25) is 0 Å². The summed E-state index contributed by atoms with van der Waals surface area (Å²) < 4.78 is 0. The zero-order valence-corrected chi connectivity index (χ0v) is 13.8. The van der Waals surface area contributed by atoms with Gasteiger partial charge in [-0.15, -0.1) is 11.3 Å². The minimum Gasteiger partial charge on any atom is -0.289 e. The number of benzene rings is 2. The number of ketones is 2. The summed E-state index contributed by atoms with van der Waals surface area (Å²) in [6.45, 7) is 3.99. The summed E-state index contributed by atoms with van der Waals surface area (Å²) in [5.74, 6) is -0.221. The Morgan fingerprint density at radius 1 is 0.783 bits per heavy atom. The number of rotatable bonds is 4. The van der Waals surface area contributed by atoms with Gasteiger partial charge in [0.05, 0.1) is 4.88 Å². The van der Waals surface area contributed by atoms with E-state index in [1.807, 2.05) is 43.5 Å². The maximum Gasteiger partial charge on any atom is 0.203 e. The van der Waals surface area contributed by atoms with E-state index in [0.717, 1.165) is 11.1 Å². The number of carbonyl (C=O) groups is 2. The molecule has 1 heterocycles. The van der Waals surface area contributed by atoms with Gasteiger partial charge < -0.3 is 0 Å². The first-order valence-electron chi connectivity index (χ1n) is 7.37. The van der Waals surface area contributed by atoms with E-state index in [2.05, 4.69) is 0 Å². The fourth-order valence-corrected chi connectivity index (χ4v) is 3.14. The van der Waals surface area contributed by atoms with Gasteiger partial charge in [0.15, 0.2) is 5.78 Å². The second-order valence-electron chi connectivity index (χ2n) is 5.48. The Bertz CT molecular complexity index is 876. The van der Waals surface area contributed by atoms with E-state index in [0.29, 0.717) is 21.6 Å². The van der Waals surface area contributed by atoms with Crippen molar-refractivity contribution in [3.8, 4) is 0 Å². The summed E-state index contributed by atoms with van der Waals surface area (Å²) in [7, 11) is 0. The molecule has 0 unspecified atom stereocenters. The predicted molar refractivity (Wildman–Crippen MR) is 93.5 cm³/mol. The molecule has 23 heavy (non-hydrogen) atoms. The van der Waals surface area contributed by atoms with E-state index >= 15 is 0 Å². The maximum atomic E-state index is 12.9. The lowest BCUT2D eigenvalue weighted by molar-refractivity contribution is 0.100. The number of hydrogen-bond donors (Lipinski definition) is 0. The Hall–Kier alpha value is -2.52. The van der Waals surface area contributed by atoms with Crippen molar-refractivity contribution in [2.75, 3.05) is 0 Å². The molecule has 0 aliphatic carbocycles. The zero-order valence-electron chi connectivity index (χ0n) is 13.0. The highest BCUT2D eigenvalue weighted by atomic mass is 32.1. The highest BCUT2D eigenvalue weighted by molar-refractivity contribution is 7.12. The van der Waals surface area contributed by atoms with Gasteiger partial charge in [-0.1, -0.05) is 42.5 Å². The Morgan fingerprint density at radius 3 is 2.09 bits per heavy atom. The molecular formula is C20H16O2S. The number of aryl methyl sites for hydroxylation is 2. The molecule has 3 heteroatoms. The van der Waals surface area contributed by atoms with Gasteiger partial charge in [-0.2, -0.15) is 0 Å². The molecule has 0 aliphatic rings. The first-order chi connectivity index (χ1) is 11.1. The molecule has 0 fully saturated rings. The van der Waals surface area contributed by atoms with Gasteiger partial charge >= 0.3 is 0 Å². The van der Waals surface area contributed by atoms with Crippen LogP contribution in [0.5, 0.6) is 0 Å². The summed E-state index contributed by atoms with van der Waals surface area (Å²) in [6, 6.07) is 16.3. The van der Waals surface area contributed by atoms with Gasteiger partial charge in [0.2, 0.25) is 5.78 Å². The van der Waals surface area contributed by atoms with Crippen LogP contribution >= 0.6 is 11.3 Å². The molecule has 0 saturated heterocycles. The van der Waals surface area contributed by atoms with Gasteiger partial charge in [-0.25, -0.2) is 0 Å². The topological polar surface area (TPSA) is 34.1 Å². The molecule has 0 aliphatic heterocycles.